The van der Waals surface area contributed by atoms with E-state index >= 15 is 0 Å². The number of H-pyrrole nitrogens is 1. The molecule has 1 aliphatic rings. The number of hydrogen-bond acceptors (Lipinski definition) is 3. The minimum absolute atomic E-state index is 0.0610. The molecule has 128 valence electrons. The number of hydrogen-bond donors (Lipinski definition) is 2. The van der Waals surface area contributed by atoms with Gasteiger partial charge in [-0.05, 0) is 23.8 Å². The molecule has 3 aromatic rings. The second-order valence-electron chi connectivity index (χ2n) is 5.98. The number of rotatable bonds is 3. The molecule has 0 bridgehead atoms. The average Bonchev–Trinajstić information content (AvgIpc) is 3.12. The fourth-order valence-corrected chi connectivity index (χ4v) is 2.96. The van der Waals surface area contributed by atoms with Gasteiger partial charge in [-0.2, -0.15) is 5.10 Å². The van der Waals surface area contributed by atoms with Crippen molar-refractivity contribution in [1.82, 2.24) is 15.5 Å². The number of halogens is 2. The molecule has 0 saturated carbocycles. The molecule has 2 heterocycles. The molecule has 6 heteroatoms. The van der Waals surface area contributed by atoms with E-state index in [1.165, 1.54) is 12.1 Å². The van der Waals surface area contributed by atoms with E-state index in [0.717, 1.165) is 30.3 Å². The van der Waals surface area contributed by atoms with Crippen molar-refractivity contribution in [3.63, 3.8) is 0 Å². The molecule has 0 radical (unpaired) electrons. The van der Waals surface area contributed by atoms with Crippen molar-refractivity contribution in [2.45, 2.75) is 6.10 Å². The molecule has 2 aromatic carbocycles. The van der Waals surface area contributed by atoms with Gasteiger partial charge >= 0.3 is 0 Å². The zero-order valence-electron chi connectivity index (χ0n) is 13.4. The van der Waals surface area contributed by atoms with Crippen LogP contribution < -0.4 is 5.32 Å². The number of benzene rings is 2. The van der Waals surface area contributed by atoms with E-state index < -0.39 is 11.6 Å². The topological polar surface area (TPSA) is 49.9 Å². The summed E-state index contributed by atoms with van der Waals surface area (Å²) in [5, 5.41) is 10.4. The van der Waals surface area contributed by atoms with Crippen molar-refractivity contribution in [3.8, 4) is 22.5 Å². The summed E-state index contributed by atoms with van der Waals surface area (Å²) in [4.78, 5) is 0. The third kappa shape index (κ3) is 3.31. The van der Waals surface area contributed by atoms with Crippen LogP contribution in [0.2, 0.25) is 0 Å². The molecular weight excluding hydrogens is 324 g/mol. The molecule has 1 atom stereocenters. The lowest BCUT2D eigenvalue weighted by Gasteiger charge is -2.24. The van der Waals surface area contributed by atoms with Gasteiger partial charge in [0.05, 0.1) is 24.1 Å². The summed E-state index contributed by atoms with van der Waals surface area (Å²) in [6, 6.07) is 13.2. The van der Waals surface area contributed by atoms with Gasteiger partial charge in [-0.1, -0.05) is 24.3 Å². The third-order valence-corrected chi connectivity index (χ3v) is 4.31. The van der Waals surface area contributed by atoms with Gasteiger partial charge in [0.1, 0.15) is 11.6 Å². The van der Waals surface area contributed by atoms with E-state index in [1.807, 2.05) is 24.3 Å². The zero-order chi connectivity index (χ0) is 17.2. The van der Waals surface area contributed by atoms with Gasteiger partial charge in [-0.25, -0.2) is 8.78 Å². The molecule has 4 rings (SSSR count). The number of aromatic amines is 1. The number of aromatic nitrogens is 2. The Balaban J connectivity index is 1.57. The molecule has 4 nitrogen and oxygen atoms in total. The van der Waals surface area contributed by atoms with Crippen LogP contribution in [-0.4, -0.2) is 29.9 Å². The van der Waals surface area contributed by atoms with Crippen molar-refractivity contribution in [3.05, 3.63) is 65.7 Å². The quantitative estimate of drug-likeness (QED) is 0.764. The Labute approximate surface area is 143 Å². The van der Waals surface area contributed by atoms with Gasteiger partial charge in [-0.15, -0.1) is 0 Å². The van der Waals surface area contributed by atoms with Crippen molar-refractivity contribution < 1.29 is 13.5 Å². The second kappa shape index (κ2) is 6.74. The maximum atomic E-state index is 13.9. The van der Waals surface area contributed by atoms with E-state index in [2.05, 4.69) is 15.5 Å². The monoisotopic (exact) mass is 341 g/mol. The highest BCUT2D eigenvalue weighted by Gasteiger charge is 2.16. The van der Waals surface area contributed by atoms with E-state index in [0.29, 0.717) is 23.6 Å². The van der Waals surface area contributed by atoms with Crippen LogP contribution >= 0.6 is 0 Å². The first-order chi connectivity index (χ1) is 12.2. The fourth-order valence-electron chi connectivity index (χ4n) is 2.96. The van der Waals surface area contributed by atoms with Crippen LogP contribution in [0.25, 0.3) is 22.5 Å². The van der Waals surface area contributed by atoms with Crippen LogP contribution in [0, 0.1) is 11.6 Å². The fraction of sp³-hybridized carbons (Fsp3) is 0.211. The Bertz CT molecular complexity index is 871. The first kappa shape index (κ1) is 15.9. The molecule has 1 aromatic heterocycles. The predicted octanol–water partition coefficient (Wildman–Crippen LogP) is 3.68. The first-order valence-corrected chi connectivity index (χ1v) is 8.14. The maximum absolute atomic E-state index is 13.9. The summed E-state index contributed by atoms with van der Waals surface area (Å²) in [5.41, 5.74) is 3.52. The first-order valence-electron chi connectivity index (χ1n) is 8.14. The van der Waals surface area contributed by atoms with Crippen molar-refractivity contribution in [2.75, 3.05) is 19.7 Å². The lowest BCUT2D eigenvalue weighted by atomic mass is 10.0. The molecular formula is C19H17F2N3O. The number of morpholine rings is 1. The minimum Gasteiger partial charge on any atom is -0.371 e. The summed E-state index contributed by atoms with van der Waals surface area (Å²) in [6.07, 6.45) is 0.0610. The van der Waals surface area contributed by atoms with E-state index in [1.54, 1.807) is 6.07 Å². The summed E-state index contributed by atoms with van der Waals surface area (Å²) in [6.45, 7) is 2.39. The van der Waals surface area contributed by atoms with Crippen molar-refractivity contribution in [2.24, 2.45) is 0 Å². The molecule has 1 aliphatic heterocycles. The van der Waals surface area contributed by atoms with Crippen LogP contribution in [0.1, 0.15) is 11.7 Å². The van der Waals surface area contributed by atoms with Gasteiger partial charge in [0.2, 0.25) is 0 Å². The SMILES string of the molecule is Fc1ccc(-c2cc(-c3ccc(C4CNCCO4)cc3)n[nH]2)c(F)c1. The zero-order valence-corrected chi connectivity index (χ0v) is 13.4. The van der Waals surface area contributed by atoms with Gasteiger partial charge in [0.25, 0.3) is 0 Å². The molecule has 1 fully saturated rings. The highest BCUT2D eigenvalue weighted by Crippen LogP contribution is 2.27. The molecule has 1 unspecified atom stereocenters. The molecule has 0 spiro atoms. The van der Waals surface area contributed by atoms with Crippen molar-refractivity contribution >= 4 is 0 Å². The summed E-state index contributed by atoms with van der Waals surface area (Å²) >= 11 is 0. The summed E-state index contributed by atoms with van der Waals surface area (Å²) in [7, 11) is 0. The van der Waals surface area contributed by atoms with Crippen LogP contribution in [0.15, 0.2) is 48.5 Å². The normalized spacial score (nSPS) is 17.6. The Morgan fingerprint density at radius 2 is 1.88 bits per heavy atom. The van der Waals surface area contributed by atoms with Crippen LogP contribution in [0.3, 0.4) is 0 Å². The highest BCUT2D eigenvalue weighted by molar-refractivity contribution is 5.68. The summed E-state index contributed by atoms with van der Waals surface area (Å²) in [5.74, 6) is -1.22. The largest absolute Gasteiger partial charge is 0.371 e. The smallest absolute Gasteiger partial charge is 0.135 e. The van der Waals surface area contributed by atoms with Crippen molar-refractivity contribution in [1.29, 1.82) is 0 Å². The van der Waals surface area contributed by atoms with Crippen LogP contribution in [0.5, 0.6) is 0 Å². The van der Waals surface area contributed by atoms with E-state index in [4.69, 9.17) is 4.74 Å². The molecule has 2 N–H and O–H groups in total. The van der Waals surface area contributed by atoms with E-state index in [-0.39, 0.29) is 6.10 Å². The predicted molar refractivity (Wildman–Crippen MR) is 90.9 cm³/mol. The Hall–Kier alpha value is -2.57. The minimum atomic E-state index is -0.618. The van der Waals surface area contributed by atoms with Gasteiger partial charge < -0.3 is 10.1 Å². The Morgan fingerprint density at radius 3 is 2.60 bits per heavy atom. The number of nitrogens with one attached hydrogen (secondary N) is 2. The van der Waals surface area contributed by atoms with Gasteiger partial charge in [-0.3, -0.25) is 5.10 Å². The highest BCUT2D eigenvalue weighted by atomic mass is 19.1. The van der Waals surface area contributed by atoms with Crippen LogP contribution in [0.4, 0.5) is 8.78 Å². The number of nitrogens with zero attached hydrogens (tertiary/aromatic N) is 1. The molecule has 0 aliphatic carbocycles. The Kier molecular flexibility index (Phi) is 4.29. The lowest BCUT2D eigenvalue weighted by molar-refractivity contribution is 0.0277. The summed E-state index contributed by atoms with van der Waals surface area (Å²) < 4.78 is 32.7. The van der Waals surface area contributed by atoms with Gasteiger partial charge in [0.15, 0.2) is 0 Å². The molecule has 1 saturated heterocycles. The maximum Gasteiger partial charge on any atom is 0.135 e. The molecule has 0 amide bonds. The Morgan fingerprint density at radius 1 is 1.04 bits per heavy atom. The second-order valence-corrected chi connectivity index (χ2v) is 5.98. The lowest BCUT2D eigenvalue weighted by Crippen LogP contribution is -2.33. The standard InChI is InChI=1S/C19H17F2N3O/c20-14-5-6-15(16(21)9-14)18-10-17(23-24-18)12-1-3-13(4-2-12)19-11-22-7-8-25-19/h1-6,9-10,19,22H,7-8,11H2,(H,23,24). The average molecular weight is 341 g/mol. The van der Waals surface area contributed by atoms with Crippen LogP contribution in [-0.2, 0) is 4.74 Å². The third-order valence-electron chi connectivity index (χ3n) is 4.31. The van der Waals surface area contributed by atoms with E-state index in [9.17, 15) is 8.78 Å². The molecule has 25 heavy (non-hydrogen) atoms. The number of ether oxygens (including phenoxy) is 1. The van der Waals surface area contributed by atoms with Gasteiger partial charge in [0, 0.05) is 30.3 Å².